The van der Waals surface area contributed by atoms with Gasteiger partial charge in [-0.25, -0.2) is 4.98 Å². The third-order valence-electron chi connectivity index (χ3n) is 8.66. The number of aromatic nitrogens is 1. The number of nitrogens with zero attached hydrogens (tertiary/aromatic N) is 7. The van der Waals surface area contributed by atoms with E-state index in [0.717, 1.165) is 17.0 Å². The molecule has 0 saturated carbocycles. The largest absolute Gasteiger partial charge is 0.416 e. The molecule has 0 bridgehead atoms. The topological polar surface area (TPSA) is 104 Å². The second-order valence-corrected chi connectivity index (χ2v) is 11.9. The van der Waals surface area contributed by atoms with Gasteiger partial charge in [-0.05, 0) is 37.3 Å². The van der Waals surface area contributed by atoms with E-state index >= 15 is 0 Å². The van der Waals surface area contributed by atoms with Gasteiger partial charge in [0.1, 0.15) is 11.9 Å². The molecule has 5 rings (SSSR count). The Morgan fingerprint density at radius 2 is 1.96 bits per heavy atom. The lowest BCUT2D eigenvalue weighted by Gasteiger charge is -2.42. The number of carbonyl (C=O) groups excluding carboxylic acids is 3. The minimum atomic E-state index is -4.66. The first-order valence-electron chi connectivity index (χ1n) is 14.5. The maximum atomic E-state index is 14.0. The number of rotatable bonds is 6. The van der Waals surface area contributed by atoms with Crippen LogP contribution in [0, 0.1) is 24.2 Å². The van der Waals surface area contributed by atoms with E-state index in [0.29, 0.717) is 49.1 Å². The van der Waals surface area contributed by atoms with E-state index in [1.54, 1.807) is 30.1 Å². The molecule has 2 aromatic rings. The van der Waals surface area contributed by atoms with Crippen LogP contribution in [0.3, 0.4) is 0 Å². The van der Waals surface area contributed by atoms with Crippen molar-refractivity contribution < 1.29 is 27.6 Å². The summed E-state index contributed by atoms with van der Waals surface area (Å²) in [4.78, 5) is 52.4. The number of carbonyl (C=O) groups is 3. The summed E-state index contributed by atoms with van der Waals surface area (Å²) in [7, 11) is 1.56. The third-order valence-corrected chi connectivity index (χ3v) is 8.97. The SMILES string of the molecule is C=CC(=O)N1CCN(CCN2C[C@H]3CC(=O)N(c4cc(C(F)(F)F)cc(C)n4)[C@@H]3C(=O)N(C)c3cccc(Cl)c32)C[C@@H]1CC#N. The van der Waals surface area contributed by atoms with E-state index in [9.17, 15) is 32.8 Å². The lowest BCUT2D eigenvalue weighted by atomic mass is 9.95. The van der Waals surface area contributed by atoms with Crippen molar-refractivity contribution in [2.45, 2.75) is 38.0 Å². The van der Waals surface area contributed by atoms with Crippen molar-refractivity contribution in [2.24, 2.45) is 5.92 Å². The van der Waals surface area contributed by atoms with Gasteiger partial charge in [-0.1, -0.05) is 24.2 Å². The maximum Gasteiger partial charge on any atom is 0.416 e. The molecule has 2 saturated heterocycles. The zero-order chi connectivity index (χ0) is 32.6. The zero-order valence-corrected chi connectivity index (χ0v) is 25.7. The van der Waals surface area contributed by atoms with Crippen LogP contribution in [-0.2, 0) is 20.6 Å². The van der Waals surface area contributed by atoms with Gasteiger partial charge < -0.3 is 14.7 Å². The number of amides is 3. The van der Waals surface area contributed by atoms with Crippen LogP contribution < -0.4 is 14.7 Å². The van der Waals surface area contributed by atoms with Crippen LogP contribution in [0.5, 0.6) is 0 Å². The van der Waals surface area contributed by atoms with Gasteiger partial charge in [-0.2, -0.15) is 18.4 Å². The summed E-state index contributed by atoms with van der Waals surface area (Å²) in [5.74, 6) is -1.94. The number of nitriles is 1. The van der Waals surface area contributed by atoms with E-state index in [4.69, 9.17) is 11.6 Å². The summed E-state index contributed by atoms with van der Waals surface area (Å²) in [6.45, 7) is 7.66. The Kier molecular flexibility index (Phi) is 9.09. The number of anilines is 3. The molecule has 1 aromatic carbocycles. The smallest absolute Gasteiger partial charge is 0.367 e. The Morgan fingerprint density at radius 3 is 2.64 bits per heavy atom. The van der Waals surface area contributed by atoms with Gasteiger partial charge in [0.15, 0.2) is 0 Å². The second-order valence-electron chi connectivity index (χ2n) is 11.5. The fourth-order valence-corrected chi connectivity index (χ4v) is 6.83. The van der Waals surface area contributed by atoms with E-state index < -0.39 is 35.5 Å². The molecule has 0 unspecified atom stereocenters. The second kappa shape index (κ2) is 12.7. The van der Waals surface area contributed by atoms with Crippen molar-refractivity contribution in [2.75, 3.05) is 61.0 Å². The molecule has 4 heterocycles. The van der Waals surface area contributed by atoms with E-state index in [1.165, 1.54) is 17.9 Å². The van der Waals surface area contributed by atoms with Crippen molar-refractivity contribution in [3.05, 3.63) is 59.3 Å². The molecule has 238 valence electrons. The van der Waals surface area contributed by atoms with Crippen molar-refractivity contribution in [1.82, 2.24) is 14.8 Å². The lowest BCUT2D eigenvalue weighted by molar-refractivity contribution is -0.137. The molecule has 10 nitrogen and oxygen atoms in total. The highest BCUT2D eigenvalue weighted by molar-refractivity contribution is 6.34. The quantitative estimate of drug-likeness (QED) is 0.440. The molecule has 0 aliphatic carbocycles. The van der Waals surface area contributed by atoms with Crippen LogP contribution in [0.4, 0.5) is 30.4 Å². The Balaban J connectivity index is 1.46. The highest BCUT2D eigenvalue weighted by Crippen LogP contribution is 2.43. The average Bonchev–Trinajstić information content (AvgIpc) is 3.32. The average molecular weight is 644 g/mol. The predicted octanol–water partition coefficient (Wildman–Crippen LogP) is 3.88. The van der Waals surface area contributed by atoms with Gasteiger partial charge in [0.2, 0.25) is 17.7 Å². The highest BCUT2D eigenvalue weighted by Gasteiger charge is 2.49. The van der Waals surface area contributed by atoms with Crippen LogP contribution in [0.15, 0.2) is 43.0 Å². The number of aryl methyl sites for hydroxylation is 1. The molecular formula is C31H33ClF3N7O3. The Hall–Kier alpha value is -4.15. The number of hydrogen-bond donors (Lipinski definition) is 0. The fraction of sp³-hybridized carbons (Fsp3) is 0.452. The van der Waals surface area contributed by atoms with Gasteiger partial charge in [0, 0.05) is 64.3 Å². The standard InChI is InChI=1S/C31H33ClF3N7O3/c1-4-26(43)41-13-11-39(18-22(41)8-9-36)10-12-40-17-20-15-27(44)42(25-16-21(31(33,34)35)14-19(2)37-25)28(20)30(45)38(3)24-7-5-6-23(32)29(24)40/h4-7,14,16,20,22,28H,1,8,10-13,15,17-18H2,2-3H3/t20-,22+,28+/m1/s1. The molecule has 1 aromatic heterocycles. The molecule has 3 amide bonds. The maximum absolute atomic E-state index is 14.0. The van der Waals surface area contributed by atoms with Crippen molar-refractivity contribution >= 4 is 46.5 Å². The lowest BCUT2D eigenvalue weighted by Crippen LogP contribution is -2.56. The van der Waals surface area contributed by atoms with E-state index in [2.05, 4.69) is 22.5 Å². The Morgan fingerprint density at radius 1 is 1.20 bits per heavy atom. The summed E-state index contributed by atoms with van der Waals surface area (Å²) < 4.78 is 41.1. The summed E-state index contributed by atoms with van der Waals surface area (Å²) in [5.41, 5.74) is 0.242. The number of likely N-dealkylation sites (N-methyl/N-ethyl adjacent to an activating group) is 1. The molecule has 2 fully saturated rings. The Bertz CT molecular complexity index is 1560. The van der Waals surface area contributed by atoms with Crippen LogP contribution in [0.2, 0.25) is 5.02 Å². The normalized spacial score (nSPS) is 22.5. The van der Waals surface area contributed by atoms with Crippen molar-refractivity contribution in [1.29, 1.82) is 5.26 Å². The minimum Gasteiger partial charge on any atom is -0.367 e. The van der Waals surface area contributed by atoms with Crippen LogP contribution >= 0.6 is 11.6 Å². The number of piperazine rings is 1. The molecule has 0 N–H and O–H groups in total. The van der Waals surface area contributed by atoms with Crippen molar-refractivity contribution in [3.63, 3.8) is 0 Å². The van der Waals surface area contributed by atoms with Gasteiger partial charge in [0.25, 0.3) is 0 Å². The number of para-hydroxylation sites is 1. The first-order valence-corrected chi connectivity index (χ1v) is 14.9. The first-order chi connectivity index (χ1) is 21.3. The molecule has 14 heteroatoms. The zero-order valence-electron chi connectivity index (χ0n) is 24.9. The molecule has 3 aliphatic rings. The van der Waals surface area contributed by atoms with Gasteiger partial charge in [-0.15, -0.1) is 0 Å². The monoisotopic (exact) mass is 643 g/mol. The molecule has 0 radical (unpaired) electrons. The van der Waals surface area contributed by atoms with Crippen LogP contribution in [-0.4, -0.2) is 90.9 Å². The molecule has 3 aliphatic heterocycles. The molecule has 3 atom stereocenters. The van der Waals surface area contributed by atoms with Gasteiger partial charge in [0.05, 0.1) is 40.5 Å². The Labute approximate surface area is 264 Å². The molecule has 0 spiro atoms. The number of pyridine rings is 1. The fourth-order valence-electron chi connectivity index (χ4n) is 6.54. The third kappa shape index (κ3) is 6.35. The number of benzene rings is 1. The van der Waals surface area contributed by atoms with Gasteiger partial charge in [-0.3, -0.25) is 24.2 Å². The summed E-state index contributed by atoms with van der Waals surface area (Å²) in [6.07, 6.45) is -3.30. The first kappa shape index (κ1) is 32.2. The predicted molar refractivity (Wildman–Crippen MR) is 163 cm³/mol. The summed E-state index contributed by atoms with van der Waals surface area (Å²) in [6, 6.07) is 7.66. The summed E-state index contributed by atoms with van der Waals surface area (Å²) >= 11 is 6.73. The molecule has 45 heavy (non-hydrogen) atoms. The highest BCUT2D eigenvalue weighted by atomic mass is 35.5. The number of halogens is 4. The van der Waals surface area contributed by atoms with E-state index in [1.807, 2.05) is 4.90 Å². The summed E-state index contributed by atoms with van der Waals surface area (Å²) in [5, 5.41) is 9.77. The van der Waals surface area contributed by atoms with Crippen LogP contribution in [0.1, 0.15) is 24.1 Å². The van der Waals surface area contributed by atoms with Crippen molar-refractivity contribution in [3.8, 4) is 6.07 Å². The molecular weight excluding hydrogens is 611 g/mol. The minimum absolute atomic E-state index is 0.0654. The number of fused-ring (bicyclic) bond motifs is 2. The van der Waals surface area contributed by atoms with E-state index in [-0.39, 0.29) is 42.8 Å². The van der Waals surface area contributed by atoms with Gasteiger partial charge >= 0.3 is 6.18 Å². The van der Waals surface area contributed by atoms with Crippen LogP contribution in [0.25, 0.3) is 0 Å². The number of hydrogen-bond acceptors (Lipinski definition) is 7. The number of alkyl halides is 3.